The molecule has 1 heterocycles. The highest BCUT2D eigenvalue weighted by Gasteiger charge is 2.20. The van der Waals surface area contributed by atoms with Gasteiger partial charge in [-0.2, -0.15) is 0 Å². The Hall–Kier alpha value is -4.02. The van der Waals surface area contributed by atoms with Gasteiger partial charge < -0.3 is 20.5 Å². The van der Waals surface area contributed by atoms with Gasteiger partial charge in [0.25, 0.3) is 18.2 Å². The van der Waals surface area contributed by atoms with Crippen molar-refractivity contribution in [2.24, 2.45) is 5.92 Å². The van der Waals surface area contributed by atoms with Crippen LogP contribution in [0.3, 0.4) is 0 Å². The van der Waals surface area contributed by atoms with Crippen molar-refractivity contribution in [1.29, 1.82) is 0 Å². The highest BCUT2D eigenvalue weighted by molar-refractivity contribution is 6.34. The molecule has 41 heavy (non-hydrogen) atoms. The van der Waals surface area contributed by atoms with Crippen molar-refractivity contribution < 1.29 is 27.6 Å². The Bertz CT molecular complexity index is 1640. The summed E-state index contributed by atoms with van der Waals surface area (Å²) in [6, 6.07) is 14.2. The first-order valence-corrected chi connectivity index (χ1v) is 13.2. The molecule has 214 valence electrons. The Labute approximate surface area is 243 Å². The number of rotatable bonds is 9. The highest BCUT2D eigenvalue weighted by Crippen LogP contribution is 2.28. The van der Waals surface area contributed by atoms with Crippen LogP contribution >= 0.6 is 23.2 Å². The maximum atomic E-state index is 13.4. The Morgan fingerprint density at radius 1 is 0.878 bits per heavy atom. The molecule has 0 fully saturated rings. The van der Waals surface area contributed by atoms with Crippen molar-refractivity contribution in [3.05, 3.63) is 93.3 Å². The Kier molecular flexibility index (Phi) is 9.25. The molecule has 3 amide bonds. The molecule has 0 spiro atoms. The van der Waals surface area contributed by atoms with Gasteiger partial charge in [0.2, 0.25) is 5.91 Å². The number of anilines is 2. The van der Waals surface area contributed by atoms with Crippen molar-refractivity contribution in [2.75, 3.05) is 10.6 Å². The average molecular weight is 605 g/mol. The van der Waals surface area contributed by atoms with Crippen LogP contribution < -0.4 is 16.0 Å². The van der Waals surface area contributed by atoms with Gasteiger partial charge in [0, 0.05) is 29.1 Å². The van der Waals surface area contributed by atoms with Crippen LogP contribution in [0.5, 0.6) is 0 Å². The van der Waals surface area contributed by atoms with Crippen LogP contribution in [0.2, 0.25) is 10.0 Å². The third kappa shape index (κ3) is 7.20. The van der Waals surface area contributed by atoms with Crippen LogP contribution in [-0.4, -0.2) is 28.7 Å². The van der Waals surface area contributed by atoms with Gasteiger partial charge in [0.1, 0.15) is 11.5 Å². The number of benzene rings is 3. The number of amides is 3. The third-order valence-electron chi connectivity index (χ3n) is 6.16. The average Bonchev–Trinajstić information content (AvgIpc) is 3.26. The lowest BCUT2D eigenvalue weighted by molar-refractivity contribution is -0.124. The molecule has 0 aliphatic carbocycles. The highest BCUT2D eigenvalue weighted by atomic mass is 35.5. The number of aromatic nitrogens is 1. The summed E-state index contributed by atoms with van der Waals surface area (Å²) in [7, 11) is 0. The topological polar surface area (TPSA) is 92.2 Å². The van der Waals surface area contributed by atoms with Crippen molar-refractivity contribution in [3.63, 3.8) is 0 Å². The zero-order chi connectivity index (χ0) is 29.8. The van der Waals surface area contributed by atoms with Crippen molar-refractivity contribution in [1.82, 2.24) is 9.88 Å². The van der Waals surface area contributed by atoms with Gasteiger partial charge in [-0.25, -0.2) is 13.2 Å². The summed E-state index contributed by atoms with van der Waals surface area (Å²) in [5.74, 6) is -2.17. The van der Waals surface area contributed by atoms with Crippen LogP contribution in [0.4, 0.5) is 24.5 Å². The number of carbonyl (C=O) groups excluding carboxylic acids is 3. The number of carbonyl (C=O) groups is 3. The van der Waals surface area contributed by atoms with Gasteiger partial charge in [-0.1, -0.05) is 43.1 Å². The lowest BCUT2D eigenvalue weighted by Crippen LogP contribution is -2.27. The molecule has 0 saturated heterocycles. The smallest absolute Gasteiger partial charge is 0.272 e. The molecule has 12 heteroatoms. The Morgan fingerprint density at radius 2 is 1.63 bits per heavy atom. The number of alkyl halides is 2. The number of nitrogens with zero attached hydrogens (tertiary/aromatic N) is 1. The predicted molar refractivity (Wildman–Crippen MR) is 153 cm³/mol. The van der Waals surface area contributed by atoms with Crippen molar-refractivity contribution in [3.8, 4) is 0 Å². The fraction of sp³-hybridized carbons (Fsp3) is 0.207. The normalized spacial score (nSPS) is 11.2. The van der Waals surface area contributed by atoms with Gasteiger partial charge in [0.15, 0.2) is 0 Å². The standard InChI is InChI=1S/C29H25Cl2F3N4O3/c1-15(2)27(39)35-13-16-3-6-21(30)20(9-16)28(40)36-19-5-8-24-17(10-19)11-25(38(24)14-26(33)34)29(41)37-23-7-4-18(32)12-22(23)31/h3-12,15,26H,13-14H2,1-2H3,(H,35,39)(H,36,40)(H,37,41). The van der Waals surface area contributed by atoms with Crippen molar-refractivity contribution >= 4 is 63.2 Å². The van der Waals surface area contributed by atoms with E-state index in [9.17, 15) is 27.6 Å². The Morgan fingerprint density at radius 3 is 2.32 bits per heavy atom. The van der Waals surface area contributed by atoms with Crippen LogP contribution in [0.15, 0.2) is 60.7 Å². The molecule has 0 bridgehead atoms. The molecule has 7 nitrogen and oxygen atoms in total. The van der Waals surface area contributed by atoms with E-state index in [-0.39, 0.29) is 45.4 Å². The van der Waals surface area contributed by atoms with Crippen LogP contribution in [-0.2, 0) is 17.9 Å². The third-order valence-corrected chi connectivity index (χ3v) is 6.80. The molecule has 4 aromatic rings. The maximum Gasteiger partial charge on any atom is 0.272 e. The first kappa shape index (κ1) is 30.0. The molecule has 0 aliphatic rings. The summed E-state index contributed by atoms with van der Waals surface area (Å²) in [5, 5.41) is 8.59. The molecule has 0 saturated carbocycles. The monoisotopic (exact) mass is 604 g/mol. The fourth-order valence-electron chi connectivity index (χ4n) is 4.10. The molecule has 0 atom stereocenters. The van der Waals surface area contributed by atoms with E-state index < -0.39 is 30.6 Å². The van der Waals surface area contributed by atoms with E-state index in [1.165, 1.54) is 30.3 Å². The summed E-state index contributed by atoms with van der Waals surface area (Å²) in [5.41, 5.74) is 1.55. The number of fused-ring (bicyclic) bond motifs is 1. The van der Waals surface area contributed by atoms with E-state index in [4.69, 9.17) is 23.2 Å². The van der Waals surface area contributed by atoms with E-state index in [1.54, 1.807) is 32.0 Å². The number of hydrogen-bond donors (Lipinski definition) is 3. The lowest BCUT2D eigenvalue weighted by Gasteiger charge is -2.12. The maximum absolute atomic E-state index is 13.4. The van der Waals surface area contributed by atoms with Crippen molar-refractivity contribution in [2.45, 2.75) is 33.4 Å². The second-order valence-corrected chi connectivity index (χ2v) is 10.3. The first-order valence-electron chi connectivity index (χ1n) is 12.5. The minimum Gasteiger partial charge on any atom is -0.352 e. The van der Waals surface area contributed by atoms with Gasteiger partial charge in [-0.15, -0.1) is 0 Å². The molecule has 3 aromatic carbocycles. The molecule has 1 aromatic heterocycles. The number of halogens is 5. The minimum absolute atomic E-state index is 0.0510. The van der Waals surface area contributed by atoms with E-state index in [0.717, 1.165) is 16.7 Å². The molecule has 3 N–H and O–H groups in total. The summed E-state index contributed by atoms with van der Waals surface area (Å²) in [4.78, 5) is 38.0. The summed E-state index contributed by atoms with van der Waals surface area (Å²) < 4.78 is 41.4. The largest absolute Gasteiger partial charge is 0.352 e. The Balaban J connectivity index is 1.59. The second-order valence-electron chi connectivity index (χ2n) is 9.52. The van der Waals surface area contributed by atoms with Crippen LogP contribution in [0.25, 0.3) is 10.9 Å². The molecule has 0 unspecified atom stereocenters. The summed E-state index contributed by atoms with van der Waals surface area (Å²) >= 11 is 12.3. The van der Waals surface area contributed by atoms with E-state index in [2.05, 4.69) is 16.0 Å². The second kappa shape index (κ2) is 12.7. The fourth-order valence-corrected chi connectivity index (χ4v) is 4.51. The number of nitrogens with one attached hydrogen (secondary N) is 3. The molecule has 0 aliphatic heterocycles. The summed E-state index contributed by atoms with van der Waals surface area (Å²) in [6.45, 7) is 2.99. The van der Waals surface area contributed by atoms with Gasteiger partial charge >= 0.3 is 0 Å². The van der Waals surface area contributed by atoms with Gasteiger partial charge in [0.05, 0.1) is 27.8 Å². The molecular weight excluding hydrogens is 580 g/mol. The van der Waals surface area contributed by atoms with Crippen LogP contribution in [0, 0.1) is 11.7 Å². The quantitative estimate of drug-likeness (QED) is 0.190. The molecule has 0 radical (unpaired) electrons. The van der Waals surface area contributed by atoms with Gasteiger partial charge in [-0.05, 0) is 60.2 Å². The minimum atomic E-state index is -2.76. The van der Waals surface area contributed by atoms with E-state index >= 15 is 0 Å². The first-order chi connectivity index (χ1) is 19.4. The molecule has 4 rings (SSSR count). The van der Waals surface area contributed by atoms with Gasteiger partial charge in [-0.3, -0.25) is 14.4 Å². The SMILES string of the molecule is CC(C)C(=O)NCc1ccc(Cl)c(C(=O)Nc2ccc3c(c2)cc(C(=O)Nc2ccc(F)cc2Cl)n3CC(F)F)c1. The lowest BCUT2D eigenvalue weighted by atomic mass is 10.1. The molecular formula is C29H25Cl2F3N4O3. The van der Waals surface area contributed by atoms with Crippen LogP contribution in [0.1, 0.15) is 40.3 Å². The number of hydrogen-bond acceptors (Lipinski definition) is 3. The summed E-state index contributed by atoms with van der Waals surface area (Å²) in [6.07, 6.45) is -2.76. The zero-order valence-electron chi connectivity index (χ0n) is 21.9. The van der Waals surface area contributed by atoms with E-state index in [1.807, 2.05) is 0 Å². The zero-order valence-corrected chi connectivity index (χ0v) is 23.4. The van der Waals surface area contributed by atoms with E-state index in [0.29, 0.717) is 22.2 Å². The predicted octanol–water partition coefficient (Wildman–Crippen LogP) is 7.13.